The van der Waals surface area contributed by atoms with Crippen LogP contribution in [-0.2, 0) is 0 Å². The van der Waals surface area contributed by atoms with Crippen molar-refractivity contribution in [1.29, 1.82) is 0 Å². The molecule has 0 atom stereocenters. The van der Waals surface area contributed by atoms with E-state index in [9.17, 15) is 0 Å². The van der Waals surface area contributed by atoms with Crippen LogP contribution in [0.3, 0.4) is 0 Å². The summed E-state index contributed by atoms with van der Waals surface area (Å²) in [5, 5.41) is 0. The molecule has 1 aliphatic rings. The van der Waals surface area contributed by atoms with E-state index in [1.54, 1.807) is 14.2 Å². The maximum absolute atomic E-state index is 5.92. The van der Waals surface area contributed by atoms with Gasteiger partial charge in [-0.2, -0.15) is 0 Å². The molecule has 6 heteroatoms. The number of halogens is 1. The van der Waals surface area contributed by atoms with Crippen LogP contribution in [0, 0.1) is 0 Å². The number of nitrogens with two attached hydrogens (primary N) is 1. The van der Waals surface area contributed by atoms with E-state index in [1.807, 2.05) is 18.2 Å². The molecule has 0 spiro atoms. The summed E-state index contributed by atoms with van der Waals surface area (Å²) < 4.78 is 11.5. The van der Waals surface area contributed by atoms with Crippen LogP contribution in [0.5, 0.6) is 11.5 Å². The second kappa shape index (κ2) is 5.52. The molecule has 1 aliphatic carbocycles. The van der Waals surface area contributed by atoms with Gasteiger partial charge in [-0.3, -0.25) is 0 Å². The van der Waals surface area contributed by atoms with Gasteiger partial charge >= 0.3 is 0 Å². The molecule has 1 aromatic heterocycles. The summed E-state index contributed by atoms with van der Waals surface area (Å²) in [5.74, 6) is 2.90. The number of hydrogen-bond donors (Lipinski definition) is 1. The number of anilines is 1. The molecule has 0 amide bonds. The lowest BCUT2D eigenvalue weighted by molar-refractivity contribution is 0.355. The molecule has 0 bridgehead atoms. The summed E-state index contributed by atoms with van der Waals surface area (Å²) in [5.41, 5.74) is 7.76. The van der Waals surface area contributed by atoms with Crippen LogP contribution in [-0.4, -0.2) is 24.2 Å². The van der Waals surface area contributed by atoms with Crippen molar-refractivity contribution in [1.82, 2.24) is 9.97 Å². The number of nitrogen functional groups attached to an aromatic ring is 1. The third-order valence-electron chi connectivity index (χ3n) is 3.48. The SMILES string of the molecule is COc1cc(Br)c(-c2nc(N)cc(C3CC3)n2)cc1OC. The van der Waals surface area contributed by atoms with Gasteiger partial charge in [-0.15, -0.1) is 0 Å². The Hall–Kier alpha value is -1.82. The highest BCUT2D eigenvalue weighted by atomic mass is 79.9. The Labute approximate surface area is 131 Å². The Morgan fingerprint density at radius 2 is 1.76 bits per heavy atom. The van der Waals surface area contributed by atoms with Gasteiger partial charge in [0, 0.05) is 27.7 Å². The zero-order valence-electron chi connectivity index (χ0n) is 11.9. The van der Waals surface area contributed by atoms with E-state index in [0.717, 1.165) is 15.7 Å². The maximum Gasteiger partial charge on any atom is 0.163 e. The van der Waals surface area contributed by atoms with Crippen LogP contribution in [0.4, 0.5) is 5.82 Å². The number of hydrogen-bond acceptors (Lipinski definition) is 5. The Bertz CT molecular complexity index is 687. The molecule has 1 aromatic carbocycles. The van der Waals surface area contributed by atoms with Gasteiger partial charge in [0.05, 0.1) is 14.2 Å². The number of ether oxygens (including phenoxy) is 2. The second-order valence-corrected chi connectivity index (χ2v) is 5.86. The van der Waals surface area contributed by atoms with Crippen LogP contribution in [0.2, 0.25) is 0 Å². The van der Waals surface area contributed by atoms with Crippen molar-refractivity contribution >= 4 is 21.7 Å². The quantitative estimate of drug-likeness (QED) is 0.915. The zero-order chi connectivity index (χ0) is 15.0. The van der Waals surface area contributed by atoms with E-state index in [2.05, 4.69) is 25.9 Å². The minimum Gasteiger partial charge on any atom is -0.493 e. The summed E-state index contributed by atoms with van der Waals surface area (Å²) >= 11 is 3.53. The molecule has 2 N–H and O–H groups in total. The third-order valence-corrected chi connectivity index (χ3v) is 4.13. The number of rotatable bonds is 4. The smallest absolute Gasteiger partial charge is 0.163 e. The lowest BCUT2D eigenvalue weighted by Crippen LogP contribution is -2.01. The molecule has 1 saturated carbocycles. The molecule has 21 heavy (non-hydrogen) atoms. The summed E-state index contributed by atoms with van der Waals surface area (Å²) in [4.78, 5) is 8.99. The number of nitrogens with zero attached hydrogens (tertiary/aromatic N) is 2. The summed E-state index contributed by atoms with van der Waals surface area (Å²) in [7, 11) is 3.21. The van der Waals surface area contributed by atoms with Gasteiger partial charge in [-0.25, -0.2) is 9.97 Å². The van der Waals surface area contributed by atoms with Gasteiger partial charge in [-0.05, 0) is 40.9 Å². The van der Waals surface area contributed by atoms with Crippen molar-refractivity contribution in [3.05, 3.63) is 28.4 Å². The van der Waals surface area contributed by atoms with Gasteiger partial charge < -0.3 is 15.2 Å². The molecular weight excluding hydrogens is 334 g/mol. The van der Waals surface area contributed by atoms with Gasteiger partial charge in [0.1, 0.15) is 5.82 Å². The standard InChI is InChI=1S/C15H16BrN3O2/c1-20-12-5-9(10(16)6-13(12)21-2)15-18-11(8-3-4-8)7-14(17)19-15/h5-8H,3-4H2,1-2H3,(H2,17,18,19). The topological polar surface area (TPSA) is 70.3 Å². The van der Waals surface area contributed by atoms with Crippen LogP contribution >= 0.6 is 15.9 Å². The van der Waals surface area contributed by atoms with Crippen molar-refractivity contribution in [3.63, 3.8) is 0 Å². The Morgan fingerprint density at radius 1 is 1.10 bits per heavy atom. The van der Waals surface area contributed by atoms with Gasteiger partial charge in [-0.1, -0.05) is 0 Å². The first-order chi connectivity index (χ1) is 10.1. The fraction of sp³-hybridized carbons (Fsp3) is 0.333. The largest absolute Gasteiger partial charge is 0.493 e. The summed E-state index contributed by atoms with van der Waals surface area (Å²) in [6, 6.07) is 5.56. The highest BCUT2D eigenvalue weighted by molar-refractivity contribution is 9.10. The van der Waals surface area contributed by atoms with Crippen molar-refractivity contribution in [2.24, 2.45) is 0 Å². The summed E-state index contributed by atoms with van der Waals surface area (Å²) in [6.45, 7) is 0. The maximum atomic E-state index is 5.92. The normalized spacial score (nSPS) is 14.0. The molecule has 1 fully saturated rings. The molecule has 0 radical (unpaired) electrons. The molecule has 110 valence electrons. The molecule has 0 unspecified atom stereocenters. The molecule has 0 aliphatic heterocycles. The predicted molar refractivity (Wildman–Crippen MR) is 84.7 cm³/mol. The lowest BCUT2D eigenvalue weighted by Gasteiger charge is -2.12. The fourth-order valence-electron chi connectivity index (χ4n) is 2.22. The minimum absolute atomic E-state index is 0.489. The first-order valence-corrected chi connectivity index (χ1v) is 7.48. The van der Waals surface area contributed by atoms with Crippen LogP contribution < -0.4 is 15.2 Å². The fourth-order valence-corrected chi connectivity index (χ4v) is 2.72. The molecule has 1 heterocycles. The lowest BCUT2D eigenvalue weighted by atomic mass is 10.1. The molecule has 2 aromatic rings. The van der Waals surface area contributed by atoms with Crippen LogP contribution in [0.25, 0.3) is 11.4 Å². The number of methoxy groups -OCH3 is 2. The van der Waals surface area contributed by atoms with Crippen molar-refractivity contribution < 1.29 is 9.47 Å². The molecule has 0 saturated heterocycles. The number of benzene rings is 1. The van der Waals surface area contributed by atoms with E-state index in [-0.39, 0.29) is 0 Å². The highest BCUT2D eigenvalue weighted by Gasteiger charge is 2.26. The van der Waals surface area contributed by atoms with Gasteiger partial charge in [0.15, 0.2) is 17.3 Å². The average molecular weight is 350 g/mol. The molecule has 3 rings (SSSR count). The highest BCUT2D eigenvalue weighted by Crippen LogP contribution is 2.41. The number of aromatic nitrogens is 2. The van der Waals surface area contributed by atoms with Crippen molar-refractivity contribution in [2.45, 2.75) is 18.8 Å². The van der Waals surface area contributed by atoms with E-state index in [4.69, 9.17) is 15.2 Å². The second-order valence-electron chi connectivity index (χ2n) is 5.00. The van der Waals surface area contributed by atoms with E-state index in [0.29, 0.717) is 29.1 Å². The van der Waals surface area contributed by atoms with Gasteiger partial charge in [0.25, 0.3) is 0 Å². The minimum atomic E-state index is 0.489. The third kappa shape index (κ3) is 2.81. The van der Waals surface area contributed by atoms with E-state index >= 15 is 0 Å². The van der Waals surface area contributed by atoms with Crippen LogP contribution in [0.1, 0.15) is 24.5 Å². The van der Waals surface area contributed by atoms with Crippen LogP contribution in [0.15, 0.2) is 22.7 Å². The predicted octanol–water partition coefficient (Wildman–Crippen LogP) is 3.38. The zero-order valence-corrected chi connectivity index (χ0v) is 13.5. The van der Waals surface area contributed by atoms with E-state index < -0.39 is 0 Å². The molecular formula is C15H16BrN3O2. The van der Waals surface area contributed by atoms with Gasteiger partial charge in [0.2, 0.25) is 0 Å². The summed E-state index contributed by atoms with van der Waals surface area (Å²) in [6.07, 6.45) is 2.34. The first-order valence-electron chi connectivity index (χ1n) is 6.68. The van der Waals surface area contributed by atoms with Crippen molar-refractivity contribution in [3.8, 4) is 22.9 Å². The Kier molecular flexibility index (Phi) is 3.71. The first kappa shape index (κ1) is 14.1. The van der Waals surface area contributed by atoms with Crippen molar-refractivity contribution in [2.75, 3.05) is 20.0 Å². The monoisotopic (exact) mass is 349 g/mol. The Morgan fingerprint density at radius 3 is 2.38 bits per heavy atom. The Balaban J connectivity index is 2.11. The molecule has 5 nitrogen and oxygen atoms in total. The van der Waals surface area contributed by atoms with E-state index in [1.165, 1.54) is 12.8 Å². The average Bonchev–Trinajstić information content (AvgIpc) is 3.30.